The van der Waals surface area contributed by atoms with Crippen LogP contribution in [0.5, 0.6) is 0 Å². The molecule has 0 radical (unpaired) electrons. The van der Waals surface area contributed by atoms with E-state index in [2.05, 4.69) is 20.9 Å². The van der Waals surface area contributed by atoms with Gasteiger partial charge in [0.1, 0.15) is 16.4 Å². The van der Waals surface area contributed by atoms with Crippen LogP contribution in [-0.4, -0.2) is 9.91 Å². The minimum absolute atomic E-state index is 0.186. The number of nitro groups is 1. The van der Waals surface area contributed by atoms with E-state index in [1.54, 1.807) is 0 Å². The summed E-state index contributed by atoms with van der Waals surface area (Å²) in [5.41, 5.74) is -1.12. The summed E-state index contributed by atoms with van der Waals surface area (Å²) in [7, 11) is 0. The first-order chi connectivity index (χ1) is 6.45. The lowest BCUT2D eigenvalue weighted by Crippen LogP contribution is -1.97. The van der Waals surface area contributed by atoms with Crippen molar-refractivity contribution >= 4 is 33.2 Å². The lowest BCUT2D eigenvalue weighted by Gasteiger charge is -2.03. The molecule has 0 fully saturated rings. The van der Waals surface area contributed by atoms with Gasteiger partial charge in [-0.15, -0.1) is 0 Å². The van der Waals surface area contributed by atoms with Crippen molar-refractivity contribution in [2.24, 2.45) is 0 Å². The van der Waals surface area contributed by atoms with E-state index < -0.39 is 27.8 Å². The van der Waals surface area contributed by atoms with Crippen molar-refractivity contribution in [2.75, 3.05) is 0 Å². The summed E-state index contributed by atoms with van der Waals surface area (Å²) in [5.74, 6) is 0. The molecule has 0 unspecified atom stereocenters. The predicted octanol–water partition coefficient (Wildman–Crippen LogP) is 3.34. The molecular formula is C6H2BrClF2N2O2. The molecular weight excluding hydrogens is 285 g/mol. The van der Waals surface area contributed by atoms with Crippen LogP contribution in [0.1, 0.15) is 12.1 Å². The maximum Gasteiger partial charge on any atom is 0.303 e. The molecule has 0 aliphatic rings. The number of hydrogen-bond acceptors (Lipinski definition) is 3. The minimum Gasteiger partial charge on any atom is -0.258 e. The molecule has 0 saturated carbocycles. The molecule has 0 aliphatic heterocycles. The fourth-order valence-electron chi connectivity index (χ4n) is 0.748. The zero-order valence-electron chi connectivity index (χ0n) is 6.38. The Morgan fingerprint density at radius 2 is 2.21 bits per heavy atom. The molecule has 0 bridgehead atoms. The summed E-state index contributed by atoms with van der Waals surface area (Å²) >= 11 is 8.20. The molecule has 14 heavy (non-hydrogen) atoms. The second kappa shape index (κ2) is 4.14. The lowest BCUT2D eigenvalue weighted by atomic mass is 10.3. The Kier molecular flexibility index (Phi) is 3.33. The van der Waals surface area contributed by atoms with Gasteiger partial charge in [0.2, 0.25) is 0 Å². The Morgan fingerprint density at radius 1 is 1.64 bits per heavy atom. The van der Waals surface area contributed by atoms with Gasteiger partial charge in [0, 0.05) is 0 Å². The van der Waals surface area contributed by atoms with E-state index in [4.69, 9.17) is 11.6 Å². The van der Waals surface area contributed by atoms with Gasteiger partial charge < -0.3 is 0 Å². The molecule has 1 heterocycles. The first-order valence-electron chi connectivity index (χ1n) is 3.21. The normalized spacial score (nSPS) is 10.6. The Morgan fingerprint density at radius 3 is 2.64 bits per heavy atom. The highest BCUT2D eigenvalue weighted by molar-refractivity contribution is 9.10. The van der Waals surface area contributed by atoms with E-state index in [-0.39, 0.29) is 4.47 Å². The van der Waals surface area contributed by atoms with Crippen LogP contribution in [0, 0.1) is 10.1 Å². The van der Waals surface area contributed by atoms with Crippen LogP contribution in [0.3, 0.4) is 0 Å². The van der Waals surface area contributed by atoms with E-state index in [0.29, 0.717) is 0 Å². The van der Waals surface area contributed by atoms with Gasteiger partial charge in [-0.25, -0.2) is 13.8 Å². The second-order valence-corrected chi connectivity index (χ2v) is 3.39. The number of halogens is 4. The number of hydrogen-bond donors (Lipinski definition) is 0. The second-order valence-electron chi connectivity index (χ2n) is 2.21. The summed E-state index contributed by atoms with van der Waals surface area (Å²) in [4.78, 5) is 12.8. The zero-order chi connectivity index (χ0) is 10.9. The molecule has 0 N–H and O–H groups in total. The molecule has 1 aromatic heterocycles. The van der Waals surface area contributed by atoms with Crippen LogP contribution in [0.25, 0.3) is 0 Å². The average Bonchev–Trinajstić information content (AvgIpc) is 2.08. The fraction of sp³-hybridized carbons (Fsp3) is 0.167. The molecule has 0 atom stereocenters. The highest BCUT2D eigenvalue weighted by Gasteiger charge is 2.23. The Balaban J connectivity index is 3.33. The highest BCUT2D eigenvalue weighted by atomic mass is 79.9. The van der Waals surface area contributed by atoms with Gasteiger partial charge in [-0.05, 0) is 15.9 Å². The molecule has 1 rings (SSSR count). The molecule has 0 aromatic carbocycles. The zero-order valence-corrected chi connectivity index (χ0v) is 8.72. The van der Waals surface area contributed by atoms with E-state index in [0.717, 1.165) is 6.20 Å². The maximum absolute atomic E-state index is 12.2. The number of aromatic nitrogens is 1. The van der Waals surface area contributed by atoms with Gasteiger partial charge in [-0.1, -0.05) is 11.6 Å². The monoisotopic (exact) mass is 286 g/mol. The van der Waals surface area contributed by atoms with Gasteiger partial charge in [-0.2, -0.15) is 0 Å². The summed E-state index contributed by atoms with van der Waals surface area (Å²) in [6.07, 6.45) is -2.13. The van der Waals surface area contributed by atoms with Gasteiger partial charge in [0.25, 0.3) is 6.43 Å². The molecule has 0 aliphatic carbocycles. The maximum atomic E-state index is 12.2. The number of rotatable bonds is 2. The highest BCUT2D eigenvalue weighted by Crippen LogP contribution is 2.36. The predicted molar refractivity (Wildman–Crippen MR) is 48.6 cm³/mol. The topological polar surface area (TPSA) is 56.0 Å². The summed E-state index contributed by atoms with van der Waals surface area (Å²) in [6.45, 7) is 0. The van der Waals surface area contributed by atoms with Crippen LogP contribution in [-0.2, 0) is 0 Å². The smallest absolute Gasteiger partial charge is 0.258 e. The van der Waals surface area contributed by atoms with Gasteiger partial charge in [-0.3, -0.25) is 10.1 Å². The SMILES string of the molecule is O=[N+]([O-])c1cnc(C(F)F)c(Cl)c1Br. The van der Waals surface area contributed by atoms with E-state index in [1.165, 1.54) is 0 Å². The van der Waals surface area contributed by atoms with Crippen molar-refractivity contribution in [2.45, 2.75) is 6.43 Å². The molecule has 8 heteroatoms. The van der Waals surface area contributed by atoms with E-state index in [9.17, 15) is 18.9 Å². The largest absolute Gasteiger partial charge is 0.303 e. The van der Waals surface area contributed by atoms with Gasteiger partial charge in [0.05, 0.1) is 9.95 Å². The molecule has 0 saturated heterocycles. The third-order valence-electron chi connectivity index (χ3n) is 1.37. The van der Waals surface area contributed by atoms with Crippen molar-refractivity contribution in [3.63, 3.8) is 0 Å². The third-order valence-corrected chi connectivity index (χ3v) is 2.79. The van der Waals surface area contributed by atoms with Crippen LogP contribution >= 0.6 is 27.5 Å². The van der Waals surface area contributed by atoms with Crippen LogP contribution < -0.4 is 0 Å². The Hall–Kier alpha value is -0.820. The van der Waals surface area contributed by atoms with Crippen molar-refractivity contribution in [1.82, 2.24) is 4.98 Å². The van der Waals surface area contributed by atoms with Crippen LogP contribution in [0.2, 0.25) is 5.02 Å². The summed E-state index contributed by atoms with van der Waals surface area (Å²) in [6, 6.07) is 0. The number of pyridine rings is 1. The molecule has 76 valence electrons. The van der Waals surface area contributed by atoms with E-state index in [1.807, 2.05) is 0 Å². The van der Waals surface area contributed by atoms with Crippen molar-refractivity contribution < 1.29 is 13.7 Å². The Bertz CT molecular complexity index is 388. The van der Waals surface area contributed by atoms with Crippen molar-refractivity contribution in [3.8, 4) is 0 Å². The molecule has 1 aromatic rings. The van der Waals surface area contributed by atoms with Gasteiger partial charge in [0.15, 0.2) is 0 Å². The summed E-state index contributed by atoms with van der Waals surface area (Å²) < 4.78 is 24.2. The van der Waals surface area contributed by atoms with E-state index >= 15 is 0 Å². The average molecular weight is 287 g/mol. The third kappa shape index (κ3) is 1.98. The van der Waals surface area contributed by atoms with Crippen LogP contribution in [0.15, 0.2) is 10.7 Å². The molecule has 4 nitrogen and oxygen atoms in total. The fourth-order valence-corrected chi connectivity index (χ4v) is 1.43. The molecule has 0 amide bonds. The minimum atomic E-state index is -2.86. The van der Waals surface area contributed by atoms with Crippen LogP contribution in [0.4, 0.5) is 14.5 Å². The lowest BCUT2D eigenvalue weighted by molar-refractivity contribution is -0.386. The Labute approximate surface area is 90.2 Å². The standard InChI is InChI=1S/C6H2BrClF2N2O2/c7-3-2(12(13)14)1-11-5(4(3)8)6(9)10/h1,6H. The van der Waals surface area contributed by atoms with Crippen molar-refractivity contribution in [1.29, 1.82) is 0 Å². The van der Waals surface area contributed by atoms with Gasteiger partial charge >= 0.3 is 5.69 Å². The quantitative estimate of drug-likeness (QED) is 0.619. The number of nitrogens with zero attached hydrogens (tertiary/aromatic N) is 2. The summed E-state index contributed by atoms with van der Waals surface area (Å²) in [5, 5.41) is 9.91. The van der Waals surface area contributed by atoms with Crippen molar-refractivity contribution in [3.05, 3.63) is 31.5 Å². The first kappa shape index (κ1) is 11.3. The molecule has 0 spiro atoms. The number of alkyl halides is 2. The first-order valence-corrected chi connectivity index (χ1v) is 4.38.